The van der Waals surface area contributed by atoms with Gasteiger partial charge in [-0.1, -0.05) is 54.1 Å². The van der Waals surface area contributed by atoms with E-state index in [0.717, 1.165) is 32.6 Å². The molecule has 0 bridgehead atoms. The van der Waals surface area contributed by atoms with Gasteiger partial charge in [0.15, 0.2) is 5.17 Å². The molecule has 0 aromatic heterocycles. The number of carbonyl (C=O) groups excluding carboxylic acids is 1. The van der Waals surface area contributed by atoms with Gasteiger partial charge >= 0.3 is 0 Å². The van der Waals surface area contributed by atoms with E-state index in [2.05, 4.69) is 26.2 Å². The summed E-state index contributed by atoms with van der Waals surface area (Å²) in [5, 5.41) is 3.99. The van der Waals surface area contributed by atoms with Gasteiger partial charge in [0, 0.05) is 5.02 Å². The maximum absolute atomic E-state index is 12.4. The van der Waals surface area contributed by atoms with Crippen LogP contribution in [0.4, 0.5) is 5.69 Å². The van der Waals surface area contributed by atoms with Crippen LogP contribution in [0.15, 0.2) is 81.1 Å². The van der Waals surface area contributed by atoms with Gasteiger partial charge in [0.25, 0.3) is 5.91 Å². The minimum Gasteiger partial charge on any atom is -0.488 e. The highest BCUT2D eigenvalue weighted by Gasteiger charge is 2.24. The van der Waals surface area contributed by atoms with E-state index >= 15 is 0 Å². The third-order valence-corrected chi connectivity index (χ3v) is 6.54. The van der Waals surface area contributed by atoms with Gasteiger partial charge in [0.05, 0.1) is 15.1 Å². The second-order valence-corrected chi connectivity index (χ2v) is 9.12. The van der Waals surface area contributed by atoms with E-state index in [4.69, 9.17) is 16.3 Å². The largest absolute Gasteiger partial charge is 0.488 e. The number of amidine groups is 1. The Labute approximate surface area is 198 Å². The highest BCUT2D eigenvalue weighted by Crippen LogP contribution is 2.33. The molecular formula is C24H18BrClN2O2S. The molecular weight excluding hydrogens is 496 g/mol. The van der Waals surface area contributed by atoms with Crippen molar-refractivity contribution in [3.63, 3.8) is 0 Å². The fraction of sp³-hybridized carbons (Fsp3) is 0.0833. The van der Waals surface area contributed by atoms with Crippen LogP contribution >= 0.6 is 39.3 Å². The minimum atomic E-state index is -0.177. The third kappa shape index (κ3) is 5.39. The molecule has 0 aliphatic carbocycles. The second kappa shape index (κ2) is 9.73. The first kappa shape index (κ1) is 21.7. The highest BCUT2D eigenvalue weighted by molar-refractivity contribution is 9.10. The van der Waals surface area contributed by atoms with Crippen molar-refractivity contribution in [2.24, 2.45) is 4.99 Å². The van der Waals surface area contributed by atoms with E-state index in [0.29, 0.717) is 21.7 Å². The summed E-state index contributed by atoms with van der Waals surface area (Å²) in [6.07, 6.45) is 1.83. The van der Waals surface area contributed by atoms with Crippen molar-refractivity contribution in [3.05, 3.63) is 97.8 Å². The molecule has 1 saturated heterocycles. The van der Waals surface area contributed by atoms with Gasteiger partial charge in [-0.3, -0.25) is 4.79 Å². The number of hydrogen-bond acceptors (Lipinski definition) is 4. The first-order valence-corrected chi connectivity index (χ1v) is 11.5. The predicted molar refractivity (Wildman–Crippen MR) is 132 cm³/mol. The Hall–Kier alpha value is -2.54. The van der Waals surface area contributed by atoms with Gasteiger partial charge in [0.2, 0.25) is 0 Å². The van der Waals surface area contributed by atoms with Crippen molar-refractivity contribution in [2.75, 3.05) is 0 Å². The summed E-state index contributed by atoms with van der Waals surface area (Å²) < 4.78 is 6.71. The molecule has 3 aromatic rings. The Balaban J connectivity index is 1.48. The third-order valence-electron chi connectivity index (χ3n) is 4.60. The summed E-state index contributed by atoms with van der Waals surface area (Å²) in [4.78, 5) is 17.5. The van der Waals surface area contributed by atoms with Gasteiger partial charge in [-0.05, 0) is 81.6 Å². The number of halogens is 2. The smallest absolute Gasteiger partial charge is 0.264 e. The molecule has 1 amide bonds. The monoisotopic (exact) mass is 512 g/mol. The van der Waals surface area contributed by atoms with Crippen LogP contribution in [-0.4, -0.2) is 11.1 Å². The van der Waals surface area contributed by atoms with Crippen LogP contribution in [0.3, 0.4) is 0 Å². The normalized spacial score (nSPS) is 16.0. The SMILES string of the molecule is Cc1c(Cl)cccc1N=C1NC(=O)/C(=C\c2ccc(OCc3ccccc3)c(Br)c2)S1. The second-order valence-electron chi connectivity index (χ2n) is 6.83. The Morgan fingerprint density at radius 3 is 2.71 bits per heavy atom. The molecule has 1 fully saturated rings. The Morgan fingerprint density at radius 2 is 1.94 bits per heavy atom. The van der Waals surface area contributed by atoms with Crippen LogP contribution in [0.25, 0.3) is 6.08 Å². The van der Waals surface area contributed by atoms with Crippen LogP contribution < -0.4 is 10.1 Å². The molecule has 156 valence electrons. The van der Waals surface area contributed by atoms with E-state index in [-0.39, 0.29) is 5.91 Å². The number of nitrogens with one attached hydrogen (secondary N) is 1. The number of amides is 1. The van der Waals surface area contributed by atoms with E-state index < -0.39 is 0 Å². The summed E-state index contributed by atoms with van der Waals surface area (Å²) in [7, 11) is 0. The summed E-state index contributed by atoms with van der Waals surface area (Å²) in [6.45, 7) is 2.39. The van der Waals surface area contributed by atoms with Crippen LogP contribution in [0.5, 0.6) is 5.75 Å². The van der Waals surface area contributed by atoms with E-state index in [1.54, 1.807) is 0 Å². The number of nitrogens with zero attached hydrogens (tertiary/aromatic N) is 1. The standard InChI is InChI=1S/C24H18BrClN2O2S/c1-15-19(26)8-5-9-20(15)27-24-28-23(29)22(31-24)13-17-10-11-21(18(25)12-17)30-14-16-6-3-2-4-7-16/h2-13H,14H2,1H3,(H,27,28,29)/b22-13+. The molecule has 1 aliphatic rings. The average molecular weight is 514 g/mol. The zero-order valence-electron chi connectivity index (χ0n) is 16.6. The molecule has 7 heteroatoms. The number of benzene rings is 3. The summed E-state index contributed by atoms with van der Waals surface area (Å²) in [5.74, 6) is 0.567. The lowest BCUT2D eigenvalue weighted by atomic mass is 10.2. The number of aliphatic imine (C=N–C) groups is 1. The van der Waals surface area contributed by atoms with Crippen molar-refractivity contribution in [1.29, 1.82) is 0 Å². The van der Waals surface area contributed by atoms with Crippen molar-refractivity contribution in [3.8, 4) is 5.75 Å². The van der Waals surface area contributed by atoms with Crippen molar-refractivity contribution >= 4 is 62.1 Å². The molecule has 4 nitrogen and oxygen atoms in total. The fourth-order valence-corrected chi connectivity index (χ4v) is 4.43. The van der Waals surface area contributed by atoms with Crippen molar-refractivity contribution < 1.29 is 9.53 Å². The lowest BCUT2D eigenvalue weighted by Gasteiger charge is -2.09. The van der Waals surface area contributed by atoms with Gasteiger partial charge in [-0.15, -0.1) is 0 Å². The lowest BCUT2D eigenvalue weighted by molar-refractivity contribution is -0.115. The van der Waals surface area contributed by atoms with Gasteiger partial charge in [-0.2, -0.15) is 0 Å². The van der Waals surface area contributed by atoms with Crippen molar-refractivity contribution in [2.45, 2.75) is 13.5 Å². The Kier molecular flexibility index (Phi) is 6.80. The maximum Gasteiger partial charge on any atom is 0.264 e. The molecule has 1 N–H and O–H groups in total. The Bertz CT molecular complexity index is 1200. The first-order chi connectivity index (χ1) is 15.0. The number of hydrogen-bond donors (Lipinski definition) is 1. The predicted octanol–water partition coefficient (Wildman–Crippen LogP) is 6.88. The van der Waals surface area contributed by atoms with E-state index in [9.17, 15) is 4.79 Å². The van der Waals surface area contributed by atoms with Gasteiger partial charge in [-0.25, -0.2) is 4.99 Å². The molecule has 31 heavy (non-hydrogen) atoms. The zero-order valence-corrected chi connectivity index (χ0v) is 19.7. The molecule has 0 saturated carbocycles. The summed E-state index contributed by atoms with van der Waals surface area (Å²) in [6, 6.07) is 21.2. The average Bonchev–Trinajstić information content (AvgIpc) is 3.10. The zero-order chi connectivity index (χ0) is 21.8. The number of thioether (sulfide) groups is 1. The highest BCUT2D eigenvalue weighted by atomic mass is 79.9. The van der Waals surface area contributed by atoms with Gasteiger partial charge in [0.1, 0.15) is 12.4 Å². The lowest BCUT2D eigenvalue weighted by Crippen LogP contribution is -2.19. The molecule has 0 radical (unpaired) electrons. The number of carbonyl (C=O) groups is 1. The summed E-state index contributed by atoms with van der Waals surface area (Å²) >= 11 is 11.0. The molecule has 3 aromatic carbocycles. The van der Waals surface area contributed by atoms with Crippen LogP contribution in [-0.2, 0) is 11.4 Å². The minimum absolute atomic E-state index is 0.177. The number of ether oxygens (including phenoxy) is 1. The molecule has 0 atom stereocenters. The van der Waals surface area contributed by atoms with E-state index in [1.807, 2.05) is 79.7 Å². The van der Waals surface area contributed by atoms with Gasteiger partial charge < -0.3 is 10.1 Å². The topological polar surface area (TPSA) is 50.7 Å². The van der Waals surface area contributed by atoms with Crippen LogP contribution in [0, 0.1) is 6.92 Å². The molecule has 1 heterocycles. The quantitative estimate of drug-likeness (QED) is 0.378. The molecule has 4 rings (SSSR count). The molecule has 0 unspecified atom stereocenters. The molecule has 1 aliphatic heterocycles. The number of rotatable bonds is 5. The van der Waals surface area contributed by atoms with E-state index in [1.165, 1.54) is 11.8 Å². The van der Waals surface area contributed by atoms with Crippen LogP contribution in [0.2, 0.25) is 5.02 Å². The summed E-state index contributed by atoms with van der Waals surface area (Å²) in [5.41, 5.74) is 3.59. The van der Waals surface area contributed by atoms with Crippen molar-refractivity contribution in [1.82, 2.24) is 5.32 Å². The first-order valence-electron chi connectivity index (χ1n) is 9.50. The van der Waals surface area contributed by atoms with Crippen LogP contribution in [0.1, 0.15) is 16.7 Å². The maximum atomic E-state index is 12.4. The fourth-order valence-electron chi connectivity index (χ4n) is 2.92. The molecule has 0 spiro atoms. The Morgan fingerprint density at radius 1 is 1.13 bits per heavy atom.